The van der Waals surface area contributed by atoms with Crippen LogP contribution in [0, 0.1) is 0 Å². The van der Waals surface area contributed by atoms with E-state index in [2.05, 4.69) is 28.6 Å². The van der Waals surface area contributed by atoms with Crippen LogP contribution in [0.25, 0.3) is 0 Å². The van der Waals surface area contributed by atoms with Gasteiger partial charge in [-0.3, -0.25) is 0 Å². The van der Waals surface area contributed by atoms with Crippen LogP contribution >= 0.6 is 11.3 Å². The molecule has 1 aromatic heterocycles. The lowest BCUT2D eigenvalue weighted by atomic mass is 10.2. The van der Waals surface area contributed by atoms with Crippen LogP contribution in [-0.4, -0.2) is 0 Å². The third kappa shape index (κ3) is 3.51. The van der Waals surface area contributed by atoms with Gasteiger partial charge in [0, 0.05) is 6.42 Å². The largest absolute Gasteiger partial charge is 0.224 e. The van der Waals surface area contributed by atoms with Crippen LogP contribution in [0.2, 0.25) is 0 Å². The van der Waals surface area contributed by atoms with Crippen molar-refractivity contribution in [1.29, 1.82) is 0 Å². The maximum Gasteiger partial charge on any atom is 0.224 e. The van der Waals surface area contributed by atoms with Crippen molar-refractivity contribution in [3.63, 3.8) is 0 Å². The highest BCUT2D eigenvalue weighted by atomic mass is 32.1. The summed E-state index contributed by atoms with van der Waals surface area (Å²) in [7, 11) is 0. The summed E-state index contributed by atoms with van der Waals surface area (Å²) in [6.45, 7) is 3.45. The maximum atomic E-state index is 2.26. The molecule has 0 saturated carbocycles. The molecule has 2 heteroatoms. The number of rotatable bonds is 5. The molecule has 0 aromatic carbocycles. The second kappa shape index (κ2) is 5.30. The molecule has 0 N–H and O–H groups in total. The Morgan fingerprint density at radius 2 is 2.18 bits per heavy atom. The molecule has 62 valence electrons. The molecule has 1 aromatic rings. The highest BCUT2D eigenvalue weighted by Crippen LogP contribution is 1.98. The summed E-state index contributed by atoms with van der Waals surface area (Å²) >= 11 is 1.77. The molecule has 11 heavy (non-hydrogen) atoms. The predicted octanol–water partition coefficient (Wildman–Crippen LogP) is 2.62. The molecule has 0 aliphatic carbocycles. The number of aromatic nitrogens is 1. The van der Waals surface area contributed by atoms with Crippen LogP contribution in [0.1, 0.15) is 32.6 Å². The molecular weight excluding hydrogens is 154 g/mol. The molecule has 0 fully saturated rings. The Kier molecular flexibility index (Phi) is 4.21. The van der Waals surface area contributed by atoms with E-state index in [0.29, 0.717) is 0 Å². The zero-order valence-corrected chi connectivity index (χ0v) is 7.94. The molecule has 0 bridgehead atoms. The lowest BCUT2D eigenvalue weighted by molar-refractivity contribution is -0.692. The Morgan fingerprint density at radius 3 is 2.82 bits per heavy atom. The van der Waals surface area contributed by atoms with Gasteiger partial charge in [0.05, 0.1) is 5.38 Å². The lowest BCUT2D eigenvalue weighted by Crippen LogP contribution is -2.29. The van der Waals surface area contributed by atoms with Crippen LogP contribution in [0.5, 0.6) is 0 Å². The Balaban J connectivity index is 2.04. The Bertz CT molecular complexity index is 170. The molecule has 1 nitrogen and oxygen atoms in total. The van der Waals surface area contributed by atoms with E-state index in [9.17, 15) is 0 Å². The maximum absolute atomic E-state index is 2.26. The molecule has 0 amide bonds. The molecule has 1 heterocycles. The fourth-order valence-electron chi connectivity index (χ4n) is 1.11. The SMILES string of the molecule is CCCCCC[n+]1ccsc1. The number of unbranched alkanes of at least 4 members (excludes halogenated alkanes) is 3. The van der Waals surface area contributed by atoms with Crippen LogP contribution in [0.3, 0.4) is 0 Å². The minimum absolute atomic E-state index is 1.20. The number of hydrogen-bond donors (Lipinski definition) is 0. The second-order valence-corrected chi connectivity index (χ2v) is 3.58. The third-order valence-electron chi connectivity index (χ3n) is 1.80. The van der Waals surface area contributed by atoms with Crippen molar-refractivity contribution in [3.05, 3.63) is 17.1 Å². The Labute approximate surface area is 72.7 Å². The quantitative estimate of drug-likeness (QED) is 0.472. The van der Waals surface area contributed by atoms with Crippen molar-refractivity contribution in [2.45, 2.75) is 39.2 Å². The van der Waals surface area contributed by atoms with Crippen molar-refractivity contribution in [3.8, 4) is 0 Å². The van der Waals surface area contributed by atoms with Gasteiger partial charge in [0.2, 0.25) is 5.51 Å². The monoisotopic (exact) mass is 170 g/mol. The van der Waals surface area contributed by atoms with E-state index >= 15 is 0 Å². The van der Waals surface area contributed by atoms with Crippen molar-refractivity contribution >= 4 is 11.3 Å². The summed E-state index contributed by atoms with van der Waals surface area (Å²) in [5.74, 6) is 0. The van der Waals surface area contributed by atoms with Gasteiger partial charge in [-0.05, 0) is 6.42 Å². The van der Waals surface area contributed by atoms with Crippen molar-refractivity contribution < 1.29 is 4.57 Å². The van der Waals surface area contributed by atoms with Gasteiger partial charge in [-0.1, -0.05) is 31.1 Å². The summed E-state index contributed by atoms with van der Waals surface area (Å²) in [6, 6.07) is 0. The summed E-state index contributed by atoms with van der Waals surface area (Å²) in [4.78, 5) is 0. The highest BCUT2D eigenvalue weighted by Gasteiger charge is 1.97. The molecule has 0 spiro atoms. The third-order valence-corrected chi connectivity index (χ3v) is 2.47. The van der Waals surface area contributed by atoms with E-state index in [1.54, 1.807) is 11.3 Å². The van der Waals surface area contributed by atoms with Gasteiger partial charge in [-0.15, -0.1) is 0 Å². The van der Waals surface area contributed by atoms with Gasteiger partial charge < -0.3 is 0 Å². The Hall–Kier alpha value is -0.370. The second-order valence-electron chi connectivity index (χ2n) is 2.83. The van der Waals surface area contributed by atoms with Crippen molar-refractivity contribution in [2.75, 3.05) is 0 Å². The van der Waals surface area contributed by atoms with E-state index in [4.69, 9.17) is 0 Å². The van der Waals surface area contributed by atoms with Gasteiger partial charge >= 0.3 is 0 Å². The van der Waals surface area contributed by atoms with E-state index < -0.39 is 0 Å². The van der Waals surface area contributed by atoms with Crippen LogP contribution < -0.4 is 4.57 Å². The zero-order chi connectivity index (χ0) is 7.94. The lowest BCUT2D eigenvalue weighted by Gasteiger charge is -1.92. The molecule has 0 unspecified atom stereocenters. The normalized spacial score (nSPS) is 10.3. The number of nitrogens with zero attached hydrogens (tertiary/aromatic N) is 1. The van der Waals surface area contributed by atoms with E-state index in [1.165, 1.54) is 32.2 Å². The zero-order valence-electron chi connectivity index (χ0n) is 7.12. The molecule has 0 aliphatic heterocycles. The van der Waals surface area contributed by atoms with Crippen LogP contribution in [0.15, 0.2) is 17.1 Å². The fourth-order valence-corrected chi connectivity index (χ4v) is 1.74. The smallest absolute Gasteiger partial charge is 0.195 e. The predicted molar refractivity (Wildman–Crippen MR) is 48.7 cm³/mol. The van der Waals surface area contributed by atoms with E-state index in [0.717, 1.165) is 0 Å². The first kappa shape index (κ1) is 8.72. The first-order valence-corrected chi connectivity index (χ1v) is 5.29. The van der Waals surface area contributed by atoms with Gasteiger partial charge in [-0.2, -0.15) is 4.57 Å². The van der Waals surface area contributed by atoms with Crippen molar-refractivity contribution in [2.24, 2.45) is 0 Å². The summed E-state index contributed by atoms with van der Waals surface area (Å²) in [6.07, 6.45) is 7.56. The average Bonchev–Trinajstić information content (AvgIpc) is 2.50. The minimum Gasteiger partial charge on any atom is -0.195 e. The summed E-state index contributed by atoms with van der Waals surface area (Å²) in [5.41, 5.74) is 2.17. The van der Waals surface area contributed by atoms with E-state index in [-0.39, 0.29) is 0 Å². The van der Waals surface area contributed by atoms with Crippen LogP contribution in [0.4, 0.5) is 0 Å². The molecule has 0 saturated heterocycles. The average molecular weight is 170 g/mol. The standard InChI is InChI=1S/C9H16NS/c1-2-3-4-5-6-10-7-8-11-9-10/h7-9H,2-6H2,1H3/q+1. The molecule has 0 atom stereocenters. The Morgan fingerprint density at radius 1 is 1.27 bits per heavy atom. The van der Waals surface area contributed by atoms with Gasteiger partial charge in [-0.25, -0.2) is 0 Å². The van der Waals surface area contributed by atoms with Gasteiger partial charge in [0.25, 0.3) is 0 Å². The van der Waals surface area contributed by atoms with Gasteiger partial charge in [0.1, 0.15) is 6.54 Å². The highest BCUT2D eigenvalue weighted by molar-refractivity contribution is 7.07. The summed E-state index contributed by atoms with van der Waals surface area (Å²) < 4.78 is 2.26. The molecule has 1 rings (SSSR count). The van der Waals surface area contributed by atoms with Crippen LogP contribution in [-0.2, 0) is 6.54 Å². The topological polar surface area (TPSA) is 3.88 Å². The first-order chi connectivity index (χ1) is 5.43. The number of thiazole rings is 1. The summed E-state index contributed by atoms with van der Waals surface area (Å²) in [5, 5.41) is 2.12. The van der Waals surface area contributed by atoms with Crippen molar-refractivity contribution in [1.82, 2.24) is 0 Å². The minimum atomic E-state index is 1.20. The number of aryl methyl sites for hydroxylation is 1. The number of hydrogen-bond acceptors (Lipinski definition) is 1. The molecule has 0 aliphatic rings. The fraction of sp³-hybridized carbons (Fsp3) is 0.667. The molecule has 0 radical (unpaired) electrons. The van der Waals surface area contributed by atoms with Gasteiger partial charge in [0.15, 0.2) is 6.20 Å². The van der Waals surface area contributed by atoms with E-state index in [1.807, 2.05) is 0 Å². The molecular formula is C9H16NS+. The first-order valence-electron chi connectivity index (χ1n) is 4.34.